The van der Waals surface area contributed by atoms with E-state index in [1.165, 1.54) is 48.8 Å². The molecule has 4 rings (SSSR count). The second-order valence-electron chi connectivity index (χ2n) is 6.27. The summed E-state index contributed by atoms with van der Waals surface area (Å²) < 4.78 is 0. The van der Waals surface area contributed by atoms with Gasteiger partial charge in [0.15, 0.2) is 0 Å². The molecule has 2 aliphatic heterocycles. The van der Waals surface area contributed by atoms with Crippen molar-refractivity contribution in [3.8, 4) is 0 Å². The van der Waals surface area contributed by atoms with Gasteiger partial charge in [0.2, 0.25) is 0 Å². The maximum Gasteiger partial charge on any atom is 0.0240 e. The molecule has 3 heteroatoms. The van der Waals surface area contributed by atoms with Crippen LogP contribution in [-0.4, -0.2) is 30.6 Å². The first-order chi connectivity index (χ1) is 9.90. The molecule has 2 saturated heterocycles. The van der Waals surface area contributed by atoms with Crippen LogP contribution >= 0.6 is 12.4 Å². The van der Waals surface area contributed by atoms with E-state index in [1.807, 2.05) is 0 Å². The predicted octanol–water partition coefficient (Wildman–Crippen LogP) is 3.45. The molecule has 0 aromatic heterocycles. The number of piperidine rings is 1. The molecule has 112 valence electrons. The van der Waals surface area contributed by atoms with E-state index >= 15 is 0 Å². The summed E-state index contributed by atoms with van der Waals surface area (Å²) >= 11 is 0. The van der Waals surface area contributed by atoms with Crippen LogP contribution < -0.4 is 5.32 Å². The largest absolute Gasteiger partial charge is 0.314 e. The Morgan fingerprint density at radius 1 is 1.05 bits per heavy atom. The van der Waals surface area contributed by atoms with Gasteiger partial charge in [0.25, 0.3) is 0 Å². The lowest BCUT2D eigenvalue weighted by molar-refractivity contribution is 0.156. The molecule has 2 unspecified atom stereocenters. The fraction of sp³-hybridized carbons (Fsp3) is 0.444. The van der Waals surface area contributed by atoms with Crippen LogP contribution in [0.4, 0.5) is 0 Å². The molecule has 2 aliphatic rings. The van der Waals surface area contributed by atoms with E-state index in [0.29, 0.717) is 0 Å². The minimum Gasteiger partial charge on any atom is -0.314 e. The molecule has 1 N–H and O–H groups in total. The normalized spacial score (nSPS) is 25.5. The lowest BCUT2D eigenvalue weighted by atomic mass is 9.93. The van der Waals surface area contributed by atoms with Crippen LogP contribution in [0.2, 0.25) is 0 Å². The summed E-state index contributed by atoms with van der Waals surface area (Å²) in [5, 5.41) is 6.43. The van der Waals surface area contributed by atoms with Crippen LogP contribution in [0.3, 0.4) is 0 Å². The Kier molecular flexibility index (Phi) is 4.48. The standard InChI is InChI=1S/C18H22N2.ClH/c1-2-7-17-14(4-1)5-3-6-15(17)12-20-11-9-18-16(13-20)8-10-19-18;/h1-7,16,18-19H,8-13H2;1H. The van der Waals surface area contributed by atoms with Crippen molar-refractivity contribution in [1.29, 1.82) is 0 Å². The maximum atomic E-state index is 3.65. The zero-order valence-corrected chi connectivity index (χ0v) is 13.1. The van der Waals surface area contributed by atoms with E-state index in [9.17, 15) is 0 Å². The highest BCUT2D eigenvalue weighted by atomic mass is 35.5. The summed E-state index contributed by atoms with van der Waals surface area (Å²) in [7, 11) is 0. The van der Waals surface area contributed by atoms with Gasteiger partial charge in [-0.3, -0.25) is 4.90 Å². The topological polar surface area (TPSA) is 15.3 Å². The molecule has 0 amide bonds. The number of halogens is 1. The van der Waals surface area contributed by atoms with E-state index in [4.69, 9.17) is 0 Å². The SMILES string of the molecule is Cl.c1ccc2c(CN3CCC4NCCC4C3)cccc2c1. The van der Waals surface area contributed by atoms with Gasteiger partial charge in [0.1, 0.15) is 0 Å². The highest BCUT2D eigenvalue weighted by Crippen LogP contribution is 2.27. The Bertz CT molecular complexity index is 608. The number of benzene rings is 2. The summed E-state index contributed by atoms with van der Waals surface area (Å²) in [4.78, 5) is 2.65. The van der Waals surface area contributed by atoms with Crippen molar-refractivity contribution in [2.45, 2.75) is 25.4 Å². The molecule has 2 aromatic rings. The van der Waals surface area contributed by atoms with Gasteiger partial charge in [-0.05, 0) is 48.2 Å². The van der Waals surface area contributed by atoms with Crippen LogP contribution in [0.25, 0.3) is 10.8 Å². The monoisotopic (exact) mass is 302 g/mol. The van der Waals surface area contributed by atoms with Crippen LogP contribution in [-0.2, 0) is 6.54 Å². The second kappa shape index (κ2) is 6.35. The number of rotatable bonds is 2. The van der Waals surface area contributed by atoms with E-state index < -0.39 is 0 Å². The summed E-state index contributed by atoms with van der Waals surface area (Å²) in [5.74, 6) is 0.874. The Morgan fingerprint density at radius 2 is 1.90 bits per heavy atom. The average molecular weight is 303 g/mol. The minimum absolute atomic E-state index is 0. The van der Waals surface area contributed by atoms with E-state index in [0.717, 1.165) is 18.5 Å². The number of nitrogens with one attached hydrogen (secondary N) is 1. The number of fused-ring (bicyclic) bond motifs is 2. The summed E-state index contributed by atoms with van der Waals surface area (Å²) in [5.41, 5.74) is 1.48. The van der Waals surface area contributed by atoms with Crippen molar-refractivity contribution in [3.63, 3.8) is 0 Å². The first-order valence-corrected chi connectivity index (χ1v) is 7.82. The van der Waals surface area contributed by atoms with Gasteiger partial charge in [-0.25, -0.2) is 0 Å². The third-order valence-electron chi connectivity index (χ3n) is 5.01. The molecule has 0 aliphatic carbocycles. The highest BCUT2D eigenvalue weighted by molar-refractivity contribution is 5.85. The molecule has 2 atom stereocenters. The molecule has 2 heterocycles. The van der Waals surface area contributed by atoms with E-state index in [-0.39, 0.29) is 12.4 Å². The lowest BCUT2D eigenvalue weighted by Crippen LogP contribution is -2.43. The molecular formula is C18H23ClN2. The minimum atomic E-state index is 0. The third-order valence-corrected chi connectivity index (χ3v) is 5.01. The Balaban J connectivity index is 0.00000132. The number of likely N-dealkylation sites (tertiary alicyclic amines) is 1. The van der Waals surface area contributed by atoms with Gasteiger partial charge >= 0.3 is 0 Å². The first kappa shape index (κ1) is 14.8. The van der Waals surface area contributed by atoms with Crippen molar-refractivity contribution in [2.24, 2.45) is 5.92 Å². The van der Waals surface area contributed by atoms with Crippen LogP contribution in [0.1, 0.15) is 18.4 Å². The van der Waals surface area contributed by atoms with Crippen molar-refractivity contribution in [1.82, 2.24) is 10.2 Å². The molecule has 0 radical (unpaired) electrons. The van der Waals surface area contributed by atoms with Gasteiger partial charge in [0, 0.05) is 19.1 Å². The molecule has 2 aromatic carbocycles. The van der Waals surface area contributed by atoms with E-state index in [1.54, 1.807) is 0 Å². The molecular weight excluding hydrogens is 280 g/mol. The van der Waals surface area contributed by atoms with Crippen LogP contribution in [0, 0.1) is 5.92 Å². The lowest BCUT2D eigenvalue weighted by Gasteiger charge is -2.35. The fourth-order valence-electron chi connectivity index (χ4n) is 3.94. The maximum absolute atomic E-state index is 3.65. The van der Waals surface area contributed by atoms with Crippen molar-refractivity contribution in [2.75, 3.05) is 19.6 Å². The number of nitrogens with zero attached hydrogens (tertiary/aromatic N) is 1. The predicted molar refractivity (Wildman–Crippen MR) is 91.0 cm³/mol. The molecule has 21 heavy (non-hydrogen) atoms. The molecule has 0 saturated carbocycles. The van der Waals surface area contributed by atoms with Gasteiger partial charge in [-0.1, -0.05) is 42.5 Å². The number of hydrogen-bond acceptors (Lipinski definition) is 2. The van der Waals surface area contributed by atoms with Crippen LogP contribution in [0.5, 0.6) is 0 Å². The third kappa shape index (κ3) is 2.94. The van der Waals surface area contributed by atoms with Crippen molar-refractivity contribution < 1.29 is 0 Å². The Morgan fingerprint density at radius 3 is 2.86 bits per heavy atom. The zero-order valence-electron chi connectivity index (χ0n) is 12.3. The summed E-state index contributed by atoms with van der Waals surface area (Å²) in [6, 6.07) is 16.2. The quantitative estimate of drug-likeness (QED) is 0.914. The van der Waals surface area contributed by atoms with Crippen LogP contribution in [0.15, 0.2) is 42.5 Å². The molecule has 2 fully saturated rings. The van der Waals surface area contributed by atoms with Crippen molar-refractivity contribution in [3.05, 3.63) is 48.0 Å². The highest BCUT2D eigenvalue weighted by Gasteiger charge is 2.32. The fourth-order valence-corrected chi connectivity index (χ4v) is 3.94. The van der Waals surface area contributed by atoms with Crippen molar-refractivity contribution >= 4 is 23.2 Å². The zero-order chi connectivity index (χ0) is 13.4. The smallest absolute Gasteiger partial charge is 0.0240 e. The summed E-state index contributed by atoms with van der Waals surface area (Å²) in [6.07, 6.45) is 2.67. The first-order valence-electron chi connectivity index (χ1n) is 7.82. The van der Waals surface area contributed by atoms with Gasteiger partial charge in [-0.15, -0.1) is 12.4 Å². The van der Waals surface area contributed by atoms with Gasteiger partial charge < -0.3 is 5.32 Å². The Hall–Kier alpha value is -1.09. The second-order valence-corrected chi connectivity index (χ2v) is 6.27. The van der Waals surface area contributed by atoms with Gasteiger partial charge in [-0.2, -0.15) is 0 Å². The Labute approximate surface area is 132 Å². The number of hydrogen-bond donors (Lipinski definition) is 1. The molecule has 0 bridgehead atoms. The van der Waals surface area contributed by atoms with E-state index in [2.05, 4.69) is 52.7 Å². The summed E-state index contributed by atoms with van der Waals surface area (Å²) in [6.45, 7) is 4.82. The molecule has 2 nitrogen and oxygen atoms in total. The molecule has 0 spiro atoms. The van der Waals surface area contributed by atoms with Gasteiger partial charge in [0.05, 0.1) is 0 Å². The average Bonchev–Trinajstić information content (AvgIpc) is 2.95.